The van der Waals surface area contributed by atoms with Crippen molar-refractivity contribution in [3.8, 4) is 11.5 Å². The van der Waals surface area contributed by atoms with Gasteiger partial charge in [0.2, 0.25) is 0 Å². The topological polar surface area (TPSA) is 71.9 Å². The minimum absolute atomic E-state index is 0.353. The highest BCUT2D eigenvalue weighted by Gasteiger charge is 2.20. The zero-order chi connectivity index (χ0) is 16.2. The van der Waals surface area contributed by atoms with Crippen molar-refractivity contribution in [2.75, 3.05) is 13.7 Å². The first-order valence-electron chi connectivity index (χ1n) is 7.37. The highest BCUT2D eigenvalue weighted by atomic mass is 16.5. The van der Waals surface area contributed by atoms with Crippen LogP contribution in [0.2, 0.25) is 0 Å². The first kappa shape index (κ1) is 15.1. The van der Waals surface area contributed by atoms with Crippen molar-refractivity contribution in [1.29, 1.82) is 0 Å². The van der Waals surface area contributed by atoms with Crippen molar-refractivity contribution < 1.29 is 19.4 Å². The lowest BCUT2D eigenvalue weighted by Crippen LogP contribution is -2.34. The summed E-state index contributed by atoms with van der Waals surface area (Å²) >= 11 is 0. The smallest absolute Gasteiger partial charge is 0.407 e. The Bertz CT molecular complexity index is 700. The molecule has 23 heavy (non-hydrogen) atoms. The second-order valence-corrected chi connectivity index (χ2v) is 5.36. The third kappa shape index (κ3) is 3.53. The van der Waals surface area contributed by atoms with Crippen molar-refractivity contribution >= 4 is 6.09 Å². The Morgan fingerprint density at radius 2 is 2.09 bits per heavy atom. The third-order valence-corrected chi connectivity index (χ3v) is 3.88. The normalized spacial score (nSPS) is 13.3. The molecule has 0 aliphatic carbocycles. The van der Waals surface area contributed by atoms with Crippen LogP contribution in [-0.4, -0.2) is 34.7 Å². The first-order chi connectivity index (χ1) is 11.2. The van der Waals surface area contributed by atoms with E-state index < -0.39 is 6.09 Å². The molecule has 0 radical (unpaired) electrons. The van der Waals surface area contributed by atoms with Gasteiger partial charge in [0.1, 0.15) is 18.1 Å². The number of aromatic nitrogens is 1. The molecule has 0 saturated heterocycles. The lowest BCUT2D eigenvalue weighted by molar-refractivity contribution is 0.140. The van der Waals surface area contributed by atoms with E-state index in [4.69, 9.17) is 14.6 Å². The summed E-state index contributed by atoms with van der Waals surface area (Å²) in [6, 6.07) is 9.52. The maximum Gasteiger partial charge on any atom is 0.407 e. The van der Waals surface area contributed by atoms with E-state index in [0.717, 1.165) is 17.7 Å². The minimum Gasteiger partial charge on any atom is -0.495 e. The molecule has 2 heterocycles. The summed E-state index contributed by atoms with van der Waals surface area (Å²) in [5.41, 5.74) is 2.98. The van der Waals surface area contributed by atoms with Crippen molar-refractivity contribution in [3.63, 3.8) is 0 Å². The predicted octanol–water partition coefficient (Wildman–Crippen LogP) is 2.71. The van der Waals surface area contributed by atoms with Crippen molar-refractivity contribution in [3.05, 3.63) is 53.3 Å². The number of amides is 1. The van der Waals surface area contributed by atoms with Crippen molar-refractivity contribution in [2.45, 2.75) is 19.6 Å². The molecule has 0 fully saturated rings. The summed E-state index contributed by atoms with van der Waals surface area (Å²) in [5, 5.41) is 9.10. The van der Waals surface area contributed by atoms with Crippen LogP contribution in [0.3, 0.4) is 0 Å². The molecule has 0 unspecified atom stereocenters. The summed E-state index contributed by atoms with van der Waals surface area (Å²) in [7, 11) is 1.60. The van der Waals surface area contributed by atoms with E-state index in [-0.39, 0.29) is 0 Å². The Morgan fingerprint density at radius 3 is 2.78 bits per heavy atom. The molecule has 0 spiro atoms. The van der Waals surface area contributed by atoms with Gasteiger partial charge in [0.25, 0.3) is 0 Å². The lowest BCUT2D eigenvalue weighted by atomic mass is 10.00. The molecule has 6 heteroatoms. The third-order valence-electron chi connectivity index (χ3n) is 3.88. The summed E-state index contributed by atoms with van der Waals surface area (Å²) in [5.74, 6) is 1.42. The summed E-state index contributed by atoms with van der Waals surface area (Å²) < 4.78 is 10.8. The van der Waals surface area contributed by atoms with Gasteiger partial charge in [0.05, 0.1) is 19.0 Å². The number of hydrogen-bond acceptors (Lipinski definition) is 4. The lowest BCUT2D eigenvalue weighted by Gasteiger charge is -2.26. The van der Waals surface area contributed by atoms with Crippen LogP contribution in [0.15, 0.2) is 36.5 Å². The predicted molar refractivity (Wildman–Crippen MR) is 83.7 cm³/mol. The highest BCUT2D eigenvalue weighted by Crippen LogP contribution is 2.24. The van der Waals surface area contributed by atoms with Gasteiger partial charge < -0.3 is 19.5 Å². The second-order valence-electron chi connectivity index (χ2n) is 5.36. The summed E-state index contributed by atoms with van der Waals surface area (Å²) in [6.07, 6.45) is 1.50. The number of nitrogens with zero attached hydrogens (tertiary/aromatic N) is 2. The van der Waals surface area contributed by atoms with E-state index in [1.54, 1.807) is 13.3 Å². The van der Waals surface area contributed by atoms with Crippen LogP contribution >= 0.6 is 0 Å². The van der Waals surface area contributed by atoms with E-state index in [2.05, 4.69) is 4.98 Å². The van der Waals surface area contributed by atoms with E-state index in [9.17, 15) is 4.79 Å². The largest absolute Gasteiger partial charge is 0.495 e. The zero-order valence-electron chi connectivity index (χ0n) is 12.9. The summed E-state index contributed by atoms with van der Waals surface area (Å²) in [4.78, 5) is 16.8. The number of pyridine rings is 1. The van der Waals surface area contributed by atoms with E-state index in [1.807, 2.05) is 30.3 Å². The summed E-state index contributed by atoms with van der Waals surface area (Å²) in [6.45, 7) is 1.30. The molecule has 0 bridgehead atoms. The van der Waals surface area contributed by atoms with Gasteiger partial charge in [-0.2, -0.15) is 0 Å². The molecular weight excluding hydrogens is 296 g/mol. The maximum atomic E-state index is 11.1. The maximum absolute atomic E-state index is 11.1. The number of ether oxygens (including phenoxy) is 2. The Balaban J connectivity index is 1.67. The molecule has 120 valence electrons. The van der Waals surface area contributed by atoms with Crippen LogP contribution in [0.25, 0.3) is 0 Å². The standard InChI is InChI=1S/C17H18N2O4/c1-22-16-5-3-14(18-9-16)11-23-15-4-2-12-6-7-19(17(20)21)10-13(12)8-15/h2-5,8-9H,6-7,10-11H2,1H3,(H,20,21). The van der Waals surface area contributed by atoms with Gasteiger partial charge in [-0.3, -0.25) is 4.98 Å². The number of carboxylic acid groups (broad SMARTS) is 1. The average Bonchev–Trinajstić information content (AvgIpc) is 2.59. The zero-order valence-corrected chi connectivity index (χ0v) is 12.9. The Hall–Kier alpha value is -2.76. The molecule has 6 nitrogen and oxygen atoms in total. The Morgan fingerprint density at radius 1 is 1.26 bits per heavy atom. The minimum atomic E-state index is -0.885. The van der Waals surface area contributed by atoms with Crippen molar-refractivity contribution in [2.24, 2.45) is 0 Å². The number of rotatable bonds is 4. The number of carbonyl (C=O) groups is 1. The molecule has 2 aromatic rings. The molecular formula is C17H18N2O4. The molecule has 0 saturated carbocycles. The second kappa shape index (κ2) is 6.56. The van der Waals surface area contributed by atoms with Crippen LogP contribution in [0.5, 0.6) is 11.5 Å². The van der Waals surface area contributed by atoms with Gasteiger partial charge in [0.15, 0.2) is 0 Å². The van der Waals surface area contributed by atoms with Gasteiger partial charge in [-0.15, -0.1) is 0 Å². The van der Waals surface area contributed by atoms with E-state index >= 15 is 0 Å². The molecule has 1 aliphatic rings. The molecule has 1 aromatic carbocycles. The monoisotopic (exact) mass is 314 g/mol. The SMILES string of the molecule is COc1ccc(COc2ccc3c(c2)CN(C(=O)O)CC3)nc1. The number of benzene rings is 1. The van der Waals surface area contributed by atoms with Crippen LogP contribution in [0.1, 0.15) is 16.8 Å². The number of hydrogen-bond donors (Lipinski definition) is 1. The van der Waals surface area contributed by atoms with Gasteiger partial charge in [-0.25, -0.2) is 4.79 Å². The van der Waals surface area contributed by atoms with Gasteiger partial charge in [-0.05, 0) is 41.8 Å². The quantitative estimate of drug-likeness (QED) is 0.939. The van der Waals surface area contributed by atoms with Crippen LogP contribution in [0.4, 0.5) is 4.79 Å². The number of fused-ring (bicyclic) bond motifs is 1. The van der Waals surface area contributed by atoms with Crippen LogP contribution in [-0.2, 0) is 19.6 Å². The van der Waals surface area contributed by atoms with Gasteiger partial charge in [-0.1, -0.05) is 6.07 Å². The van der Waals surface area contributed by atoms with Gasteiger partial charge >= 0.3 is 6.09 Å². The highest BCUT2D eigenvalue weighted by molar-refractivity contribution is 5.65. The van der Waals surface area contributed by atoms with Crippen LogP contribution < -0.4 is 9.47 Å². The van der Waals surface area contributed by atoms with E-state index in [1.165, 1.54) is 10.5 Å². The molecule has 0 atom stereocenters. The fourth-order valence-corrected chi connectivity index (χ4v) is 2.56. The fraction of sp³-hybridized carbons (Fsp3) is 0.294. The molecule has 3 rings (SSSR count). The Labute approximate surface area is 134 Å². The molecule has 1 aromatic heterocycles. The number of methoxy groups -OCH3 is 1. The average molecular weight is 314 g/mol. The molecule has 1 aliphatic heterocycles. The van der Waals surface area contributed by atoms with Crippen LogP contribution in [0, 0.1) is 0 Å². The fourth-order valence-electron chi connectivity index (χ4n) is 2.56. The van der Waals surface area contributed by atoms with E-state index in [0.29, 0.717) is 31.2 Å². The molecule has 1 N–H and O–H groups in total. The Kier molecular flexibility index (Phi) is 4.32. The van der Waals surface area contributed by atoms with Gasteiger partial charge in [0, 0.05) is 13.1 Å². The first-order valence-corrected chi connectivity index (χ1v) is 7.37. The van der Waals surface area contributed by atoms with Crippen molar-refractivity contribution in [1.82, 2.24) is 9.88 Å². The molecule has 1 amide bonds.